The Balaban J connectivity index is 1.64. The topological polar surface area (TPSA) is 138 Å². The van der Waals surface area contributed by atoms with E-state index in [9.17, 15) is 13.2 Å². The van der Waals surface area contributed by atoms with Crippen molar-refractivity contribution in [3.05, 3.63) is 58.9 Å². The SMILES string of the molecule is CC1=C(N)OC(C(=O)c2nc3ccc(-c4ccc(S(N)(=O)=O)cc4)cc3s2)=NCC1. The Morgan fingerprint density at radius 2 is 1.83 bits per heavy atom. The number of sulfonamides is 1. The lowest BCUT2D eigenvalue weighted by Gasteiger charge is -2.05. The first-order valence-corrected chi connectivity index (χ1v) is 11.3. The van der Waals surface area contributed by atoms with Gasteiger partial charge >= 0.3 is 0 Å². The van der Waals surface area contributed by atoms with Gasteiger partial charge in [-0.2, -0.15) is 0 Å². The summed E-state index contributed by atoms with van der Waals surface area (Å²) >= 11 is 1.23. The molecule has 0 radical (unpaired) electrons. The Labute approximate surface area is 177 Å². The Kier molecular flexibility index (Phi) is 5.14. The molecule has 154 valence electrons. The van der Waals surface area contributed by atoms with Gasteiger partial charge in [-0.1, -0.05) is 18.2 Å². The molecule has 0 fully saturated rings. The number of Topliss-reactive ketones (excluding diaryl/α,β-unsaturated/α-hetero) is 1. The number of rotatable bonds is 4. The fraction of sp³-hybridized carbons (Fsp3) is 0.150. The van der Waals surface area contributed by atoms with Crippen LogP contribution in [0.15, 0.2) is 63.8 Å². The summed E-state index contributed by atoms with van der Waals surface area (Å²) in [5.41, 5.74) is 9.04. The van der Waals surface area contributed by atoms with E-state index in [1.54, 1.807) is 18.2 Å². The molecule has 0 amide bonds. The molecule has 0 unspecified atom stereocenters. The van der Waals surface area contributed by atoms with Crippen LogP contribution in [0, 0.1) is 0 Å². The number of ether oxygens (including phenoxy) is 1. The number of ketones is 1. The third-order valence-corrected chi connectivity index (χ3v) is 6.61. The minimum atomic E-state index is -3.74. The second-order valence-electron chi connectivity index (χ2n) is 6.78. The lowest BCUT2D eigenvalue weighted by atomic mass is 10.1. The number of carbonyl (C=O) groups is 1. The molecule has 4 rings (SSSR count). The fourth-order valence-corrected chi connectivity index (χ4v) is 4.37. The van der Waals surface area contributed by atoms with Crippen molar-refractivity contribution in [3.8, 4) is 11.1 Å². The summed E-state index contributed by atoms with van der Waals surface area (Å²) in [6, 6.07) is 11.8. The van der Waals surface area contributed by atoms with E-state index in [1.165, 1.54) is 23.5 Å². The normalized spacial score (nSPS) is 14.9. The number of fused-ring (bicyclic) bond motifs is 1. The van der Waals surface area contributed by atoms with E-state index in [0.717, 1.165) is 21.4 Å². The molecule has 10 heteroatoms. The largest absolute Gasteiger partial charge is 0.420 e. The predicted octanol–water partition coefficient (Wildman–Crippen LogP) is 2.80. The molecule has 1 aliphatic rings. The van der Waals surface area contributed by atoms with E-state index < -0.39 is 15.8 Å². The van der Waals surface area contributed by atoms with Gasteiger partial charge in [0.25, 0.3) is 11.7 Å². The Bertz CT molecular complexity index is 1320. The van der Waals surface area contributed by atoms with Crippen molar-refractivity contribution in [1.82, 2.24) is 4.98 Å². The Morgan fingerprint density at radius 3 is 2.53 bits per heavy atom. The summed E-state index contributed by atoms with van der Waals surface area (Å²) in [7, 11) is -3.74. The van der Waals surface area contributed by atoms with Crippen molar-refractivity contribution in [1.29, 1.82) is 0 Å². The molecule has 0 saturated heterocycles. The van der Waals surface area contributed by atoms with E-state index >= 15 is 0 Å². The first kappa shape index (κ1) is 20.2. The highest BCUT2D eigenvalue weighted by Crippen LogP contribution is 2.29. The number of thiazole rings is 1. The van der Waals surface area contributed by atoms with Crippen LogP contribution in [0.4, 0.5) is 0 Å². The second kappa shape index (κ2) is 7.63. The van der Waals surface area contributed by atoms with Crippen LogP contribution in [0.1, 0.15) is 23.1 Å². The summed E-state index contributed by atoms with van der Waals surface area (Å²) in [5, 5.41) is 5.40. The van der Waals surface area contributed by atoms with Crippen LogP contribution in [0.25, 0.3) is 21.3 Å². The molecule has 30 heavy (non-hydrogen) atoms. The maximum absolute atomic E-state index is 12.8. The van der Waals surface area contributed by atoms with Crippen molar-refractivity contribution >= 4 is 43.3 Å². The molecule has 4 N–H and O–H groups in total. The van der Waals surface area contributed by atoms with Gasteiger partial charge in [-0.3, -0.25) is 4.79 Å². The number of carbonyl (C=O) groups excluding carboxylic acids is 1. The summed E-state index contributed by atoms with van der Waals surface area (Å²) < 4.78 is 29.1. The van der Waals surface area contributed by atoms with Gasteiger partial charge in [0.2, 0.25) is 10.0 Å². The van der Waals surface area contributed by atoms with Gasteiger partial charge in [-0.15, -0.1) is 11.3 Å². The van der Waals surface area contributed by atoms with E-state index in [-0.39, 0.29) is 21.7 Å². The second-order valence-corrected chi connectivity index (χ2v) is 9.38. The highest BCUT2D eigenvalue weighted by Gasteiger charge is 2.23. The molecule has 1 aromatic heterocycles. The maximum atomic E-state index is 12.8. The molecule has 2 aromatic carbocycles. The number of nitrogens with zero attached hydrogens (tertiary/aromatic N) is 2. The number of nitrogens with two attached hydrogens (primary N) is 2. The van der Waals surface area contributed by atoms with Crippen LogP contribution in [-0.2, 0) is 14.8 Å². The highest BCUT2D eigenvalue weighted by atomic mass is 32.2. The van der Waals surface area contributed by atoms with Gasteiger partial charge in [0.1, 0.15) is 0 Å². The summed E-state index contributed by atoms with van der Waals surface area (Å²) in [6.07, 6.45) is 0.635. The van der Waals surface area contributed by atoms with Crippen LogP contribution in [0.5, 0.6) is 0 Å². The molecule has 0 atom stereocenters. The molecule has 3 aromatic rings. The van der Waals surface area contributed by atoms with Gasteiger partial charge in [0.15, 0.2) is 10.9 Å². The van der Waals surface area contributed by atoms with Crippen molar-refractivity contribution in [2.24, 2.45) is 15.9 Å². The average molecular weight is 443 g/mol. The van der Waals surface area contributed by atoms with Crippen molar-refractivity contribution in [2.45, 2.75) is 18.2 Å². The van der Waals surface area contributed by atoms with Crippen molar-refractivity contribution in [2.75, 3.05) is 6.54 Å². The van der Waals surface area contributed by atoms with Crippen LogP contribution >= 0.6 is 11.3 Å². The lowest BCUT2D eigenvalue weighted by Crippen LogP contribution is -2.20. The van der Waals surface area contributed by atoms with Gasteiger partial charge in [0, 0.05) is 6.54 Å². The van der Waals surface area contributed by atoms with E-state index in [1.807, 2.05) is 19.1 Å². The van der Waals surface area contributed by atoms with Crippen molar-refractivity contribution in [3.63, 3.8) is 0 Å². The van der Waals surface area contributed by atoms with Crippen LogP contribution < -0.4 is 10.9 Å². The van der Waals surface area contributed by atoms with Crippen molar-refractivity contribution < 1.29 is 17.9 Å². The molecule has 0 spiro atoms. The zero-order valence-corrected chi connectivity index (χ0v) is 17.6. The molecular weight excluding hydrogens is 424 g/mol. The van der Waals surface area contributed by atoms with E-state index in [0.29, 0.717) is 18.5 Å². The highest BCUT2D eigenvalue weighted by molar-refractivity contribution is 7.89. The average Bonchev–Trinajstić information content (AvgIpc) is 3.07. The Morgan fingerprint density at radius 1 is 1.13 bits per heavy atom. The predicted molar refractivity (Wildman–Crippen MR) is 116 cm³/mol. The number of hydrogen-bond acceptors (Lipinski definition) is 8. The number of benzene rings is 2. The number of primary sulfonamides is 1. The molecule has 8 nitrogen and oxygen atoms in total. The monoisotopic (exact) mass is 442 g/mol. The zero-order valence-electron chi connectivity index (χ0n) is 16.0. The summed E-state index contributed by atoms with van der Waals surface area (Å²) in [6.45, 7) is 2.27. The van der Waals surface area contributed by atoms with Gasteiger partial charge in [-0.25, -0.2) is 23.5 Å². The minimum absolute atomic E-state index is 0.0470. The quantitative estimate of drug-likeness (QED) is 0.596. The zero-order chi connectivity index (χ0) is 21.5. The minimum Gasteiger partial charge on any atom is -0.420 e. The number of aliphatic imine (C=N–C) groups is 1. The summed E-state index contributed by atoms with van der Waals surface area (Å²) in [5.74, 6) is -0.263. The third-order valence-electron chi connectivity index (χ3n) is 4.66. The molecule has 0 aliphatic carbocycles. The third kappa shape index (κ3) is 3.97. The molecule has 2 heterocycles. The van der Waals surface area contributed by atoms with Crippen LogP contribution in [0.3, 0.4) is 0 Å². The van der Waals surface area contributed by atoms with Crippen LogP contribution in [-0.4, -0.2) is 31.6 Å². The standard InChI is InChI=1S/C20H18N4O4S2/c1-11-8-9-23-19(28-18(11)21)17(25)20-24-15-7-4-13(10-16(15)29-20)12-2-5-14(6-3-12)30(22,26)27/h2-7,10H,8-9,21H2,1H3,(H2,22,26,27). The molecule has 1 aliphatic heterocycles. The lowest BCUT2D eigenvalue weighted by molar-refractivity contribution is 0.104. The van der Waals surface area contributed by atoms with E-state index in [4.69, 9.17) is 15.6 Å². The number of hydrogen-bond donors (Lipinski definition) is 2. The molecule has 0 bridgehead atoms. The summed E-state index contributed by atoms with van der Waals surface area (Å²) in [4.78, 5) is 21.4. The van der Waals surface area contributed by atoms with Gasteiger partial charge < -0.3 is 10.5 Å². The molecular formula is C20H18N4O4S2. The van der Waals surface area contributed by atoms with E-state index in [2.05, 4.69) is 9.98 Å². The smallest absolute Gasteiger partial charge is 0.276 e. The fourth-order valence-electron chi connectivity index (χ4n) is 2.92. The first-order valence-electron chi connectivity index (χ1n) is 8.98. The van der Waals surface area contributed by atoms with Crippen LogP contribution in [0.2, 0.25) is 0 Å². The first-order chi connectivity index (χ1) is 14.2. The molecule has 0 saturated carbocycles. The van der Waals surface area contributed by atoms with Gasteiger partial charge in [-0.05, 0) is 54.3 Å². The van der Waals surface area contributed by atoms with Gasteiger partial charge in [0.05, 0.1) is 15.1 Å². The maximum Gasteiger partial charge on any atom is 0.276 e. The Hall–Kier alpha value is -3.08. The number of aromatic nitrogens is 1.